The van der Waals surface area contributed by atoms with Crippen molar-refractivity contribution in [2.24, 2.45) is 5.92 Å². The van der Waals surface area contributed by atoms with Gasteiger partial charge in [-0.15, -0.1) is 0 Å². The number of amides is 1. The summed E-state index contributed by atoms with van der Waals surface area (Å²) in [6.45, 7) is 4.18. The van der Waals surface area contributed by atoms with Gasteiger partial charge in [0.1, 0.15) is 0 Å². The Kier molecular flexibility index (Phi) is 5.00. The first-order valence-electron chi connectivity index (χ1n) is 6.39. The molecule has 18 heavy (non-hydrogen) atoms. The Morgan fingerprint density at radius 3 is 3.11 bits per heavy atom. The number of halogens is 1. The third-order valence-electron chi connectivity index (χ3n) is 3.39. The van der Waals surface area contributed by atoms with Gasteiger partial charge < -0.3 is 10.6 Å². The largest absolute Gasteiger partial charge is 0.353 e. The highest BCUT2D eigenvalue weighted by atomic mass is 127. The van der Waals surface area contributed by atoms with E-state index in [1.807, 2.05) is 18.2 Å². The highest BCUT2D eigenvalue weighted by Gasteiger charge is 2.22. The van der Waals surface area contributed by atoms with Gasteiger partial charge in [-0.1, -0.05) is 19.1 Å². The van der Waals surface area contributed by atoms with E-state index in [0.29, 0.717) is 18.4 Å². The number of benzene rings is 1. The first-order valence-corrected chi connectivity index (χ1v) is 7.47. The maximum atomic E-state index is 12.0. The highest BCUT2D eigenvalue weighted by Crippen LogP contribution is 2.12. The Labute approximate surface area is 122 Å². The Morgan fingerprint density at radius 1 is 1.56 bits per heavy atom. The van der Waals surface area contributed by atoms with Crippen LogP contribution in [0.2, 0.25) is 0 Å². The van der Waals surface area contributed by atoms with Crippen molar-refractivity contribution in [1.29, 1.82) is 0 Å². The molecule has 1 heterocycles. The minimum Gasteiger partial charge on any atom is -0.353 e. The summed E-state index contributed by atoms with van der Waals surface area (Å²) in [5.74, 6) is 0.648. The molecule has 98 valence electrons. The Morgan fingerprint density at radius 2 is 2.39 bits per heavy atom. The molecule has 0 aromatic heterocycles. The number of nitrogens with one attached hydrogen (secondary N) is 2. The van der Waals surface area contributed by atoms with Crippen LogP contribution in [-0.2, 0) is 11.2 Å². The van der Waals surface area contributed by atoms with Crippen LogP contribution in [-0.4, -0.2) is 25.0 Å². The monoisotopic (exact) mass is 358 g/mol. The predicted octanol–water partition coefficient (Wildman–Crippen LogP) is 1.95. The minimum absolute atomic E-state index is 0.135. The van der Waals surface area contributed by atoms with Crippen molar-refractivity contribution >= 4 is 28.5 Å². The van der Waals surface area contributed by atoms with Crippen molar-refractivity contribution in [3.63, 3.8) is 0 Å². The summed E-state index contributed by atoms with van der Waals surface area (Å²) in [4.78, 5) is 12.0. The predicted molar refractivity (Wildman–Crippen MR) is 81.4 cm³/mol. The SMILES string of the molecule is CC1CNCCC1NC(=O)Cc1cccc(I)c1. The van der Waals surface area contributed by atoms with Gasteiger partial charge in [0, 0.05) is 9.61 Å². The molecule has 2 N–H and O–H groups in total. The lowest BCUT2D eigenvalue weighted by atomic mass is 9.95. The number of hydrogen-bond donors (Lipinski definition) is 2. The molecule has 1 aromatic carbocycles. The quantitative estimate of drug-likeness (QED) is 0.811. The van der Waals surface area contributed by atoms with E-state index in [9.17, 15) is 4.79 Å². The molecule has 0 bridgehead atoms. The Bertz CT molecular complexity index is 422. The highest BCUT2D eigenvalue weighted by molar-refractivity contribution is 14.1. The number of piperidine rings is 1. The molecule has 1 aliphatic rings. The van der Waals surface area contributed by atoms with Crippen LogP contribution >= 0.6 is 22.6 Å². The number of rotatable bonds is 3. The number of carbonyl (C=O) groups is 1. The van der Waals surface area contributed by atoms with Gasteiger partial charge in [-0.3, -0.25) is 4.79 Å². The van der Waals surface area contributed by atoms with Crippen molar-refractivity contribution in [3.05, 3.63) is 33.4 Å². The van der Waals surface area contributed by atoms with Gasteiger partial charge in [-0.2, -0.15) is 0 Å². The summed E-state index contributed by atoms with van der Waals surface area (Å²) in [6.07, 6.45) is 1.51. The molecule has 3 nitrogen and oxygen atoms in total. The zero-order valence-corrected chi connectivity index (χ0v) is 12.7. The molecule has 0 saturated carbocycles. The van der Waals surface area contributed by atoms with E-state index < -0.39 is 0 Å². The molecule has 1 saturated heterocycles. The normalized spacial score (nSPS) is 23.7. The van der Waals surface area contributed by atoms with E-state index in [1.165, 1.54) is 3.57 Å². The average molecular weight is 358 g/mol. The fourth-order valence-corrected chi connectivity index (χ4v) is 2.93. The number of hydrogen-bond acceptors (Lipinski definition) is 2. The summed E-state index contributed by atoms with van der Waals surface area (Å²) in [7, 11) is 0. The smallest absolute Gasteiger partial charge is 0.224 e. The molecule has 2 unspecified atom stereocenters. The van der Waals surface area contributed by atoms with Crippen LogP contribution in [0.3, 0.4) is 0 Å². The first kappa shape index (κ1) is 13.8. The van der Waals surface area contributed by atoms with Gasteiger partial charge in [-0.25, -0.2) is 0 Å². The Hall–Kier alpha value is -0.620. The lowest BCUT2D eigenvalue weighted by molar-refractivity contribution is -0.121. The molecule has 1 amide bonds. The van der Waals surface area contributed by atoms with Gasteiger partial charge in [0.05, 0.1) is 6.42 Å². The zero-order chi connectivity index (χ0) is 13.0. The lowest BCUT2D eigenvalue weighted by Gasteiger charge is -2.30. The van der Waals surface area contributed by atoms with Crippen molar-refractivity contribution in [2.45, 2.75) is 25.8 Å². The van der Waals surface area contributed by atoms with Gasteiger partial charge in [0.25, 0.3) is 0 Å². The van der Waals surface area contributed by atoms with Crippen LogP contribution in [0.5, 0.6) is 0 Å². The molecule has 0 radical (unpaired) electrons. The molecule has 1 fully saturated rings. The van der Waals surface area contributed by atoms with Crippen molar-refractivity contribution in [2.75, 3.05) is 13.1 Å². The zero-order valence-electron chi connectivity index (χ0n) is 10.6. The molecular formula is C14H19IN2O. The maximum Gasteiger partial charge on any atom is 0.224 e. The van der Waals surface area contributed by atoms with Crippen molar-refractivity contribution in [1.82, 2.24) is 10.6 Å². The second kappa shape index (κ2) is 6.52. The van der Waals surface area contributed by atoms with Gasteiger partial charge in [-0.05, 0) is 65.7 Å². The molecule has 2 rings (SSSR count). The van der Waals surface area contributed by atoms with Crippen LogP contribution in [0, 0.1) is 9.49 Å². The average Bonchev–Trinajstić information content (AvgIpc) is 2.32. The van der Waals surface area contributed by atoms with Crippen LogP contribution in [0.15, 0.2) is 24.3 Å². The third kappa shape index (κ3) is 3.95. The van der Waals surface area contributed by atoms with Crippen molar-refractivity contribution < 1.29 is 4.79 Å². The van der Waals surface area contributed by atoms with Crippen molar-refractivity contribution in [3.8, 4) is 0 Å². The first-order chi connectivity index (χ1) is 8.65. The minimum atomic E-state index is 0.135. The van der Waals surface area contributed by atoms with E-state index >= 15 is 0 Å². The van der Waals surface area contributed by atoms with E-state index in [-0.39, 0.29) is 5.91 Å². The maximum absolute atomic E-state index is 12.0. The molecule has 1 aromatic rings. The summed E-state index contributed by atoms with van der Waals surface area (Å²) in [6, 6.07) is 8.43. The van der Waals surface area contributed by atoms with E-state index in [4.69, 9.17) is 0 Å². The van der Waals surface area contributed by atoms with Crippen LogP contribution in [0.1, 0.15) is 18.9 Å². The second-order valence-corrected chi connectivity index (χ2v) is 6.20. The molecule has 4 heteroatoms. The summed E-state index contributed by atoms with van der Waals surface area (Å²) in [5, 5.41) is 6.50. The van der Waals surface area contributed by atoms with Gasteiger partial charge >= 0.3 is 0 Å². The number of carbonyl (C=O) groups excluding carboxylic acids is 1. The Balaban J connectivity index is 1.88. The molecular weight excluding hydrogens is 339 g/mol. The third-order valence-corrected chi connectivity index (χ3v) is 4.06. The van der Waals surface area contributed by atoms with Gasteiger partial charge in [0.2, 0.25) is 5.91 Å². The molecule has 2 atom stereocenters. The van der Waals surface area contributed by atoms with E-state index in [1.54, 1.807) is 0 Å². The summed E-state index contributed by atoms with van der Waals surface area (Å²) in [5.41, 5.74) is 1.08. The lowest BCUT2D eigenvalue weighted by Crippen LogP contribution is -2.48. The summed E-state index contributed by atoms with van der Waals surface area (Å²) >= 11 is 2.27. The second-order valence-electron chi connectivity index (χ2n) is 4.95. The van der Waals surface area contributed by atoms with E-state index in [0.717, 1.165) is 25.1 Å². The summed E-state index contributed by atoms with van der Waals surface area (Å²) < 4.78 is 1.17. The van der Waals surface area contributed by atoms with Crippen LogP contribution in [0.4, 0.5) is 0 Å². The topological polar surface area (TPSA) is 41.1 Å². The fourth-order valence-electron chi connectivity index (χ4n) is 2.32. The van der Waals surface area contributed by atoms with Crippen LogP contribution in [0.25, 0.3) is 0 Å². The molecule has 1 aliphatic heterocycles. The fraction of sp³-hybridized carbons (Fsp3) is 0.500. The molecule has 0 spiro atoms. The standard InChI is InChI=1S/C14H19IN2O/c1-10-9-16-6-5-13(10)17-14(18)8-11-3-2-4-12(15)7-11/h2-4,7,10,13,16H,5-6,8-9H2,1H3,(H,17,18). The van der Waals surface area contributed by atoms with Gasteiger partial charge in [0.15, 0.2) is 0 Å². The molecule has 0 aliphatic carbocycles. The van der Waals surface area contributed by atoms with Crippen LogP contribution < -0.4 is 10.6 Å². The van der Waals surface area contributed by atoms with E-state index in [2.05, 4.69) is 46.2 Å².